The lowest BCUT2D eigenvalue weighted by Crippen LogP contribution is -2.50. The third kappa shape index (κ3) is 3.43. The zero-order chi connectivity index (χ0) is 12.3. The Morgan fingerprint density at radius 3 is 2.06 bits per heavy atom. The van der Waals surface area contributed by atoms with Crippen LogP contribution in [-0.2, 0) is 0 Å². The van der Waals surface area contributed by atoms with E-state index in [2.05, 4.69) is 16.7 Å². The molecule has 2 unspecified atom stereocenters. The van der Waals surface area contributed by atoms with Crippen LogP contribution in [0.3, 0.4) is 0 Å². The second-order valence-corrected chi connectivity index (χ2v) is 5.84. The van der Waals surface area contributed by atoms with Crippen LogP contribution in [0.1, 0.15) is 46.0 Å². The van der Waals surface area contributed by atoms with E-state index >= 15 is 0 Å². The Balaban J connectivity index is 1.77. The van der Waals surface area contributed by atoms with Crippen molar-refractivity contribution >= 4 is 0 Å². The third-order valence-electron chi connectivity index (χ3n) is 4.68. The van der Waals surface area contributed by atoms with Crippen molar-refractivity contribution in [1.29, 1.82) is 0 Å². The molecular weight excluding hydrogens is 212 g/mol. The zero-order valence-electron chi connectivity index (χ0n) is 11.4. The topological polar surface area (TPSA) is 26.7 Å². The highest BCUT2D eigenvalue weighted by atomic mass is 16.3. The summed E-state index contributed by atoms with van der Waals surface area (Å²) in [6.07, 6.45) is 6.58. The Labute approximate surface area is 106 Å². The van der Waals surface area contributed by atoms with Gasteiger partial charge in [0.25, 0.3) is 0 Å². The number of likely N-dealkylation sites (tertiary alicyclic amines) is 2. The smallest absolute Gasteiger partial charge is 0.0664 e. The number of rotatable bonds is 3. The fourth-order valence-corrected chi connectivity index (χ4v) is 3.25. The van der Waals surface area contributed by atoms with Gasteiger partial charge >= 0.3 is 0 Å². The summed E-state index contributed by atoms with van der Waals surface area (Å²) in [7, 11) is 0. The number of hydrogen-bond donors (Lipinski definition) is 1. The Morgan fingerprint density at radius 2 is 1.53 bits per heavy atom. The molecule has 2 aliphatic heterocycles. The summed E-state index contributed by atoms with van der Waals surface area (Å²) in [4.78, 5) is 5.15. The van der Waals surface area contributed by atoms with E-state index in [1.807, 2.05) is 6.92 Å². The molecule has 0 aromatic rings. The van der Waals surface area contributed by atoms with E-state index in [1.165, 1.54) is 45.2 Å². The predicted molar refractivity (Wildman–Crippen MR) is 71.2 cm³/mol. The molecule has 2 rings (SSSR count). The Kier molecular flexibility index (Phi) is 4.83. The molecule has 2 heterocycles. The first-order valence-electron chi connectivity index (χ1n) is 7.34. The van der Waals surface area contributed by atoms with Crippen molar-refractivity contribution in [2.24, 2.45) is 0 Å². The zero-order valence-corrected chi connectivity index (χ0v) is 11.4. The van der Waals surface area contributed by atoms with E-state index in [4.69, 9.17) is 0 Å². The quantitative estimate of drug-likeness (QED) is 0.813. The highest BCUT2D eigenvalue weighted by Crippen LogP contribution is 2.22. The molecule has 0 aromatic heterocycles. The maximum Gasteiger partial charge on any atom is 0.0664 e. The molecule has 3 heteroatoms. The van der Waals surface area contributed by atoms with Crippen LogP contribution in [-0.4, -0.2) is 59.3 Å². The van der Waals surface area contributed by atoms with E-state index in [0.29, 0.717) is 6.04 Å². The minimum atomic E-state index is -0.207. The fraction of sp³-hybridized carbons (Fsp3) is 1.00. The van der Waals surface area contributed by atoms with E-state index in [9.17, 15) is 5.11 Å². The van der Waals surface area contributed by atoms with Gasteiger partial charge < -0.3 is 10.0 Å². The van der Waals surface area contributed by atoms with E-state index in [0.717, 1.165) is 19.1 Å². The Bertz CT molecular complexity index is 218. The summed E-state index contributed by atoms with van der Waals surface area (Å²) < 4.78 is 0. The van der Waals surface area contributed by atoms with Crippen molar-refractivity contribution in [3.63, 3.8) is 0 Å². The van der Waals surface area contributed by atoms with Gasteiger partial charge in [0.2, 0.25) is 0 Å². The summed E-state index contributed by atoms with van der Waals surface area (Å²) in [5.74, 6) is 0. The molecule has 17 heavy (non-hydrogen) atoms. The molecule has 2 fully saturated rings. The van der Waals surface area contributed by atoms with Gasteiger partial charge in [0.1, 0.15) is 0 Å². The average molecular weight is 240 g/mol. The SMILES string of the molecule is CC(O)C(C)N1CCC(N2CCCCC2)CC1. The van der Waals surface area contributed by atoms with Gasteiger partial charge in [-0.1, -0.05) is 6.42 Å². The van der Waals surface area contributed by atoms with Gasteiger partial charge in [-0.05, 0) is 52.6 Å². The third-order valence-corrected chi connectivity index (χ3v) is 4.68. The number of hydrogen-bond acceptors (Lipinski definition) is 3. The molecule has 0 aliphatic carbocycles. The maximum atomic E-state index is 9.64. The number of piperidine rings is 2. The largest absolute Gasteiger partial charge is 0.392 e. The minimum absolute atomic E-state index is 0.207. The molecule has 0 amide bonds. The van der Waals surface area contributed by atoms with Crippen molar-refractivity contribution in [2.75, 3.05) is 26.2 Å². The van der Waals surface area contributed by atoms with Crippen LogP contribution in [0.4, 0.5) is 0 Å². The van der Waals surface area contributed by atoms with Gasteiger partial charge in [-0.3, -0.25) is 4.90 Å². The highest BCUT2D eigenvalue weighted by molar-refractivity contribution is 4.84. The minimum Gasteiger partial charge on any atom is -0.392 e. The normalized spacial score (nSPS) is 29.1. The number of aliphatic hydroxyl groups excluding tert-OH is 1. The first-order valence-corrected chi connectivity index (χ1v) is 7.34. The molecule has 0 bridgehead atoms. The van der Waals surface area contributed by atoms with Crippen molar-refractivity contribution in [1.82, 2.24) is 9.80 Å². The predicted octanol–water partition coefficient (Wildman–Crippen LogP) is 1.71. The van der Waals surface area contributed by atoms with E-state index in [-0.39, 0.29) is 6.10 Å². The van der Waals surface area contributed by atoms with Crippen LogP contribution < -0.4 is 0 Å². The molecule has 2 atom stereocenters. The molecular formula is C14H28N2O. The molecule has 3 nitrogen and oxygen atoms in total. The van der Waals surface area contributed by atoms with Gasteiger partial charge in [0, 0.05) is 25.2 Å². The fourth-order valence-electron chi connectivity index (χ4n) is 3.25. The lowest BCUT2D eigenvalue weighted by atomic mass is 9.98. The van der Waals surface area contributed by atoms with Crippen molar-refractivity contribution in [2.45, 2.75) is 64.1 Å². The first-order chi connectivity index (χ1) is 8.18. The van der Waals surface area contributed by atoms with Gasteiger partial charge in [0.05, 0.1) is 6.10 Å². The summed E-state index contributed by atoms with van der Waals surface area (Å²) in [6.45, 7) is 9.00. The van der Waals surface area contributed by atoms with Gasteiger partial charge in [-0.2, -0.15) is 0 Å². The molecule has 2 aliphatic rings. The van der Waals surface area contributed by atoms with Gasteiger partial charge in [0.15, 0.2) is 0 Å². The van der Waals surface area contributed by atoms with Crippen molar-refractivity contribution < 1.29 is 5.11 Å². The maximum absolute atomic E-state index is 9.64. The molecule has 2 saturated heterocycles. The van der Waals surface area contributed by atoms with Crippen LogP contribution in [0, 0.1) is 0 Å². The van der Waals surface area contributed by atoms with Crippen molar-refractivity contribution in [3.05, 3.63) is 0 Å². The Morgan fingerprint density at radius 1 is 0.941 bits per heavy atom. The summed E-state index contributed by atoms with van der Waals surface area (Å²) in [6, 6.07) is 1.13. The number of aliphatic hydroxyl groups is 1. The van der Waals surface area contributed by atoms with Crippen LogP contribution >= 0.6 is 0 Å². The second-order valence-electron chi connectivity index (χ2n) is 5.84. The molecule has 0 aromatic carbocycles. The summed E-state index contributed by atoms with van der Waals surface area (Å²) >= 11 is 0. The molecule has 0 spiro atoms. The first kappa shape index (κ1) is 13.3. The standard InChI is InChI=1S/C14H28N2O/c1-12(13(2)17)15-10-6-14(7-11-15)16-8-4-3-5-9-16/h12-14,17H,3-11H2,1-2H3. The Hall–Kier alpha value is -0.120. The van der Waals surface area contributed by atoms with Gasteiger partial charge in [-0.25, -0.2) is 0 Å². The lowest BCUT2D eigenvalue weighted by molar-refractivity contribution is 0.0296. The molecule has 0 saturated carbocycles. The van der Waals surface area contributed by atoms with E-state index < -0.39 is 0 Å². The summed E-state index contributed by atoms with van der Waals surface area (Å²) in [5, 5.41) is 9.64. The summed E-state index contributed by atoms with van der Waals surface area (Å²) in [5.41, 5.74) is 0. The van der Waals surface area contributed by atoms with Crippen LogP contribution in [0.2, 0.25) is 0 Å². The van der Waals surface area contributed by atoms with Crippen LogP contribution in [0.15, 0.2) is 0 Å². The van der Waals surface area contributed by atoms with Gasteiger partial charge in [-0.15, -0.1) is 0 Å². The highest BCUT2D eigenvalue weighted by Gasteiger charge is 2.28. The molecule has 100 valence electrons. The van der Waals surface area contributed by atoms with E-state index in [1.54, 1.807) is 0 Å². The van der Waals surface area contributed by atoms with Crippen LogP contribution in [0.25, 0.3) is 0 Å². The number of nitrogens with zero attached hydrogens (tertiary/aromatic N) is 2. The molecule has 0 radical (unpaired) electrons. The van der Waals surface area contributed by atoms with Crippen molar-refractivity contribution in [3.8, 4) is 0 Å². The molecule has 1 N–H and O–H groups in total. The average Bonchev–Trinajstić information content (AvgIpc) is 2.39. The van der Waals surface area contributed by atoms with Crippen LogP contribution in [0.5, 0.6) is 0 Å². The second kappa shape index (κ2) is 6.17. The monoisotopic (exact) mass is 240 g/mol. The lowest BCUT2D eigenvalue weighted by Gasteiger charge is -2.42.